The maximum absolute atomic E-state index is 13.9. The summed E-state index contributed by atoms with van der Waals surface area (Å²) >= 11 is 0. The first-order valence-corrected chi connectivity index (χ1v) is 9.05. The normalized spacial score (nSPS) is 17.2. The monoisotopic (exact) mass is 385 g/mol. The lowest BCUT2D eigenvalue weighted by Gasteiger charge is -2.12. The summed E-state index contributed by atoms with van der Waals surface area (Å²) in [4.78, 5) is 10.9. The van der Waals surface area contributed by atoms with Gasteiger partial charge in [-0.25, -0.2) is 17.6 Å². The molecule has 1 aliphatic heterocycles. The fourth-order valence-corrected chi connectivity index (χ4v) is 3.56. The molecule has 1 aromatic carbocycles. The molecule has 2 N–H and O–H groups in total. The van der Waals surface area contributed by atoms with Crippen LogP contribution in [-0.4, -0.2) is 49.6 Å². The minimum Gasteiger partial charge on any atom is -0.495 e. The Morgan fingerprint density at radius 3 is 2.88 bits per heavy atom. The molecule has 1 unspecified atom stereocenters. The highest BCUT2D eigenvalue weighted by Crippen LogP contribution is 2.30. The number of carbonyl (C=O) groups is 1. The number of nitrogens with zero attached hydrogens (tertiary/aromatic N) is 2. The number of benzene rings is 1. The number of halogens is 1. The number of aromatic nitrogens is 2. The summed E-state index contributed by atoms with van der Waals surface area (Å²) in [6.07, 6.45) is 3.26. The van der Waals surface area contributed by atoms with Crippen LogP contribution in [0, 0.1) is 5.82 Å². The van der Waals surface area contributed by atoms with E-state index in [4.69, 9.17) is 14.6 Å². The molecule has 1 aliphatic rings. The van der Waals surface area contributed by atoms with Crippen LogP contribution in [0.4, 0.5) is 10.1 Å². The Morgan fingerprint density at radius 2 is 2.27 bits per heavy atom. The molecule has 140 valence electrons. The van der Waals surface area contributed by atoms with Crippen LogP contribution in [0.1, 0.15) is 22.8 Å². The van der Waals surface area contributed by atoms with Gasteiger partial charge in [0.15, 0.2) is 0 Å². The highest BCUT2D eigenvalue weighted by Gasteiger charge is 2.24. The van der Waals surface area contributed by atoms with Crippen LogP contribution in [0.5, 0.6) is 5.75 Å². The van der Waals surface area contributed by atoms with Crippen LogP contribution in [0.15, 0.2) is 29.4 Å². The minimum atomic E-state index is -4.07. The van der Waals surface area contributed by atoms with E-state index in [9.17, 15) is 17.6 Å². The van der Waals surface area contributed by atoms with Crippen molar-refractivity contribution in [3.8, 4) is 5.75 Å². The second-order valence-corrected chi connectivity index (χ2v) is 7.30. The number of aromatic carboxylic acids is 1. The van der Waals surface area contributed by atoms with Crippen molar-refractivity contribution in [2.45, 2.75) is 17.4 Å². The quantitative estimate of drug-likeness (QED) is 0.773. The average molecular weight is 385 g/mol. The number of rotatable bonds is 6. The van der Waals surface area contributed by atoms with Crippen molar-refractivity contribution < 1.29 is 32.2 Å². The predicted molar refractivity (Wildman–Crippen MR) is 87.4 cm³/mol. The van der Waals surface area contributed by atoms with Crippen LogP contribution in [-0.2, 0) is 14.8 Å². The van der Waals surface area contributed by atoms with Gasteiger partial charge in [-0.3, -0.25) is 9.40 Å². The molecule has 0 amide bonds. The lowest BCUT2D eigenvalue weighted by molar-refractivity contribution is 0.0691. The number of sulfonamides is 1. The van der Waals surface area contributed by atoms with Gasteiger partial charge in [-0.15, -0.1) is 0 Å². The predicted octanol–water partition coefficient (Wildman–Crippen LogP) is 1.49. The number of carboxylic acid groups (broad SMARTS) is 1. The van der Waals surface area contributed by atoms with E-state index in [1.807, 2.05) is 0 Å². The van der Waals surface area contributed by atoms with Gasteiger partial charge in [-0.05, 0) is 12.5 Å². The molecule has 1 atom stereocenters. The number of ether oxygens (including phenoxy) is 2. The standard InChI is InChI=1S/C15H16FN3O6S/c1-24-14-4-11(15(20)21)12(16)5-13(14)18-26(22,23)10-6-17-19(7-10)9-2-3-25-8-9/h4-7,9,18H,2-3,8H2,1H3,(H,20,21). The maximum Gasteiger partial charge on any atom is 0.338 e. The molecule has 1 aromatic heterocycles. The van der Waals surface area contributed by atoms with Crippen LogP contribution < -0.4 is 9.46 Å². The molecule has 11 heteroatoms. The van der Waals surface area contributed by atoms with Gasteiger partial charge in [0.05, 0.1) is 37.2 Å². The average Bonchev–Trinajstić information content (AvgIpc) is 3.26. The Labute approximate surface area is 148 Å². The fraction of sp³-hybridized carbons (Fsp3) is 0.333. The third-order valence-electron chi connectivity index (χ3n) is 3.93. The van der Waals surface area contributed by atoms with Crippen LogP contribution >= 0.6 is 0 Å². The molecule has 0 aliphatic carbocycles. The van der Waals surface area contributed by atoms with Crippen LogP contribution in [0.25, 0.3) is 0 Å². The summed E-state index contributed by atoms with van der Waals surface area (Å²) in [7, 11) is -2.86. The van der Waals surface area contributed by atoms with Crippen molar-refractivity contribution in [2.24, 2.45) is 0 Å². The number of hydrogen-bond acceptors (Lipinski definition) is 6. The molecule has 26 heavy (non-hydrogen) atoms. The molecule has 0 saturated carbocycles. The van der Waals surface area contributed by atoms with Gasteiger partial charge in [0.2, 0.25) is 0 Å². The first kappa shape index (κ1) is 18.1. The molecule has 3 rings (SSSR count). The summed E-state index contributed by atoms with van der Waals surface area (Å²) in [5.41, 5.74) is -0.842. The van der Waals surface area contributed by atoms with Gasteiger partial charge < -0.3 is 14.6 Å². The number of anilines is 1. The van der Waals surface area contributed by atoms with Crippen LogP contribution in [0.2, 0.25) is 0 Å². The lowest BCUT2D eigenvalue weighted by Crippen LogP contribution is -2.14. The maximum atomic E-state index is 13.9. The minimum absolute atomic E-state index is 0.0409. The van der Waals surface area contributed by atoms with E-state index >= 15 is 0 Å². The zero-order valence-electron chi connectivity index (χ0n) is 13.7. The molecule has 0 spiro atoms. The van der Waals surface area contributed by atoms with Crippen molar-refractivity contribution in [1.29, 1.82) is 0 Å². The molecule has 1 saturated heterocycles. The molecular formula is C15H16FN3O6S. The van der Waals surface area contributed by atoms with E-state index in [1.165, 1.54) is 24.2 Å². The Balaban J connectivity index is 1.90. The van der Waals surface area contributed by atoms with E-state index < -0.39 is 27.4 Å². The zero-order chi connectivity index (χ0) is 18.9. The van der Waals surface area contributed by atoms with E-state index in [0.717, 1.165) is 18.6 Å². The fourth-order valence-electron chi connectivity index (χ4n) is 2.56. The third-order valence-corrected chi connectivity index (χ3v) is 5.25. The molecule has 2 aromatic rings. The second kappa shape index (κ2) is 6.92. The Bertz CT molecular complexity index is 937. The highest BCUT2D eigenvalue weighted by molar-refractivity contribution is 7.92. The smallest absolute Gasteiger partial charge is 0.338 e. The van der Waals surface area contributed by atoms with E-state index in [-0.39, 0.29) is 22.4 Å². The lowest BCUT2D eigenvalue weighted by atomic mass is 10.2. The third kappa shape index (κ3) is 3.48. The SMILES string of the molecule is COc1cc(C(=O)O)c(F)cc1NS(=O)(=O)c1cnn(C2CCOC2)c1. The summed E-state index contributed by atoms with van der Waals surface area (Å²) in [6.45, 7) is 1.03. The zero-order valence-corrected chi connectivity index (χ0v) is 14.5. The molecule has 1 fully saturated rings. The van der Waals surface area contributed by atoms with Crippen molar-refractivity contribution in [3.05, 3.63) is 35.9 Å². The van der Waals surface area contributed by atoms with Gasteiger partial charge in [0.1, 0.15) is 16.5 Å². The number of methoxy groups -OCH3 is 1. The summed E-state index contributed by atoms with van der Waals surface area (Å²) in [5.74, 6) is -2.70. The summed E-state index contributed by atoms with van der Waals surface area (Å²) < 4.78 is 52.9. The molecular weight excluding hydrogens is 369 g/mol. The molecule has 0 radical (unpaired) electrons. The Hall–Kier alpha value is -2.66. The van der Waals surface area contributed by atoms with Gasteiger partial charge in [0, 0.05) is 18.9 Å². The van der Waals surface area contributed by atoms with Crippen LogP contribution in [0.3, 0.4) is 0 Å². The molecule has 0 bridgehead atoms. The summed E-state index contributed by atoms with van der Waals surface area (Å²) in [5, 5.41) is 13.0. The topological polar surface area (TPSA) is 120 Å². The van der Waals surface area contributed by atoms with Gasteiger partial charge in [0.25, 0.3) is 10.0 Å². The molecule has 2 heterocycles. The van der Waals surface area contributed by atoms with Gasteiger partial charge in [-0.1, -0.05) is 0 Å². The van der Waals surface area contributed by atoms with E-state index in [0.29, 0.717) is 13.2 Å². The number of nitrogens with one attached hydrogen (secondary N) is 1. The van der Waals surface area contributed by atoms with Crippen molar-refractivity contribution in [3.63, 3.8) is 0 Å². The second-order valence-electron chi connectivity index (χ2n) is 5.62. The van der Waals surface area contributed by atoms with Crippen molar-refractivity contribution >= 4 is 21.7 Å². The molecule has 9 nitrogen and oxygen atoms in total. The summed E-state index contributed by atoms with van der Waals surface area (Å²) in [6, 6.07) is 1.63. The van der Waals surface area contributed by atoms with Gasteiger partial charge in [-0.2, -0.15) is 5.10 Å². The highest BCUT2D eigenvalue weighted by atomic mass is 32.2. The number of carboxylic acids is 1. The Morgan fingerprint density at radius 1 is 1.50 bits per heavy atom. The van der Waals surface area contributed by atoms with Crippen molar-refractivity contribution in [1.82, 2.24) is 9.78 Å². The van der Waals surface area contributed by atoms with Gasteiger partial charge >= 0.3 is 5.97 Å². The van der Waals surface area contributed by atoms with E-state index in [2.05, 4.69) is 9.82 Å². The number of hydrogen-bond donors (Lipinski definition) is 2. The first-order chi connectivity index (χ1) is 12.3. The van der Waals surface area contributed by atoms with Crippen molar-refractivity contribution in [2.75, 3.05) is 25.0 Å². The Kier molecular flexibility index (Phi) is 4.83. The largest absolute Gasteiger partial charge is 0.495 e. The van der Waals surface area contributed by atoms with E-state index in [1.54, 1.807) is 0 Å². The first-order valence-electron chi connectivity index (χ1n) is 7.57.